The van der Waals surface area contributed by atoms with Crippen molar-refractivity contribution in [3.63, 3.8) is 0 Å². The number of nitrogens with one attached hydrogen (secondary N) is 1. The molecular formula is C31H36N2O6. The summed E-state index contributed by atoms with van der Waals surface area (Å²) in [6, 6.07) is 14.2. The number of rotatable bonds is 7. The average Bonchev–Trinajstić information content (AvgIpc) is 2.93. The van der Waals surface area contributed by atoms with Crippen LogP contribution >= 0.6 is 0 Å². The van der Waals surface area contributed by atoms with E-state index in [-0.39, 0.29) is 18.4 Å². The molecular weight excluding hydrogens is 496 g/mol. The van der Waals surface area contributed by atoms with Gasteiger partial charge in [0.1, 0.15) is 17.4 Å². The van der Waals surface area contributed by atoms with Gasteiger partial charge in [-0.1, -0.05) is 43.2 Å². The topological polar surface area (TPSA) is 109 Å². The lowest BCUT2D eigenvalue weighted by Crippen LogP contribution is -2.57. The number of carbonyl (C=O) groups is 2. The van der Waals surface area contributed by atoms with Crippen LogP contribution in [0.3, 0.4) is 0 Å². The Morgan fingerprint density at radius 3 is 2.77 bits per heavy atom. The highest BCUT2D eigenvalue weighted by Gasteiger charge is 2.44. The van der Waals surface area contributed by atoms with Crippen molar-refractivity contribution in [1.29, 1.82) is 0 Å². The molecule has 1 saturated carbocycles. The summed E-state index contributed by atoms with van der Waals surface area (Å²) in [6.07, 6.45) is 4.90. The number of piperidine rings is 1. The first-order chi connectivity index (χ1) is 18.7. The fraction of sp³-hybridized carbons (Fsp3) is 0.452. The number of nitrogens with zero attached hydrogens (tertiary/aromatic N) is 1. The van der Waals surface area contributed by atoms with Crippen molar-refractivity contribution in [3.05, 3.63) is 75.6 Å². The fourth-order valence-corrected chi connectivity index (χ4v) is 6.01. The van der Waals surface area contributed by atoms with Crippen LogP contribution in [0.4, 0.5) is 0 Å². The Morgan fingerprint density at radius 2 is 1.97 bits per heavy atom. The van der Waals surface area contributed by atoms with Crippen LogP contribution in [-0.4, -0.2) is 53.2 Å². The van der Waals surface area contributed by atoms with Gasteiger partial charge in [0, 0.05) is 42.4 Å². The number of hydrogen-bond donors (Lipinski definition) is 2. The monoisotopic (exact) mass is 532 g/mol. The van der Waals surface area contributed by atoms with E-state index in [9.17, 15) is 19.5 Å². The van der Waals surface area contributed by atoms with E-state index in [4.69, 9.17) is 9.15 Å². The first-order valence-electron chi connectivity index (χ1n) is 13.8. The third-order valence-corrected chi connectivity index (χ3v) is 8.34. The van der Waals surface area contributed by atoms with Gasteiger partial charge in [-0.15, -0.1) is 0 Å². The molecule has 1 aromatic heterocycles. The fourth-order valence-electron chi connectivity index (χ4n) is 6.01. The van der Waals surface area contributed by atoms with Crippen molar-refractivity contribution in [2.75, 3.05) is 19.7 Å². The predicted octanol–water partition coefficient (Wildman–Crippen LogP) is 3.73. The number of aliphatic hydroxyl groups is 1. The Labute approximate surface area is 228 Å². The number of fused-ring (bicyclic) bond motifs is 2. The van der Waals surface area contributed by atoms with Crippen LogP contribution in [0.15, 0.2) is 57.7 Å². The summed E-state index contributed by atoms with van der Waals surface area (Å²) in [5.41, 5.74) is 1.84. The molecule has 0 bridgehead atoms. The Bertz CT molecular complexity index is 1420. The van der Waals surface area contributed by atoms with E-state index in [1.165, 1.54) is 0 Å². The summed E-state index contributed by atoms with van der Waals surface area (Å²) in [4.78, 5) is 40.0. The zero-order valence-corrected chi connectivity index (χ0v) is 22.6. The number of aryl methyl sites for hydroxylation is 1. The molecule has 8 nitrogen and oxygen atoms in total. The Kier molecular flexibility index (Phi) is 7.75. The highest BCUT2D eigenvalue weighted by molar-refractivity contribution is 5.88. The van der Waals surface area contributed by atoms with Gasteiger partial charge in [-0.2, -0.15) is 0 Å². The van der Waals surface area contributed by atoms with Crippen LogP contribution in [0.2, 0.25) is 0 Å². The molecule has 2 heterocycles. The lowest BCUT2D eigenvalue weighted by molar-refractivity contribution is -0.146. The van der Waals surface area contributed by atoms with E-state index in [2.05, 4.69) is 5.32 Å². The minimum Gasteiger partial charge on any atom is -0.484 e. The Hall–Kier alpha value is -3.65. The third kappa shape index (κ3) is 5.86. The standard InChI is InChI=1S/C31H36N2O6/c1-20-25-12-11-24(17-27(25)39-30(36)26(20)16-22-8-4-3-5-9-22)38-19-28(34)32-21(2)29(35)33-15-14-31(37)13-7-6-10-23(31)18-33/h3-5,8-9,11-12,17,21,23,37H,6-7,10,13-16,18-19H2,1-2H3,(H,32,34)/t21-,23-,31-/m0/s1. The highest BCUT2D eigenvalue weighted by Crippen LogP contribution is 2.39. The highest BCUT2D eigenvalue weighted by atomic mass is 16.5. The quantitative estimate of drug-likeness (QED) is 0.449. The molecule has 8 heteroatoms. The first-order valence-corrected chi connectivity index (χ1v) is 13.8. The van der Waals surface area contributed by atoms with Crippen molar-refractivity contribution in [1.82, 2.24) is 10.2 Å². The summed E-state index contributed by atoms with van der Waals surface area (Å²) >= 11 is 0. The summed E-state index contributed by atoms with van der Waals surface area (Å²) in [7, 11) is 0. The minimum atomic E-state index is -0.698. The van der Waals surface area contributed by atoms with Crippen molar-refractivity contribution in [2.45, 2.75) is 64.0 Å². The van der Waals surface area contributed by atoms with E-state index in [1.807, 2.05) is 43.3 Å². The number of benzene rings is 2. The Morgan fingerprint density at radius 1 is 1.18 bits per heavy atom. The summed E-state index contributed by atoms with van der Waals surface area (Å²) in [6.45, 7) is 4.32. The number of amides is 2. The number of carbonyl (C=O) groups excluding carboxylic acids is 2. The molecule has 3 atom stereocenters. The molecule has 206 valence electrons. The van der Waals surface area contributed by atoms with Crippen LogP contribution in [0.1, 0.15) is 55.7 Å². The molecule has 39 heavy (non-hydrogen) atoms. The SMILES string of the molecule is Cc1c(Cc2ccccc2)c(=O)oc2cc(OCC(=O)N[C@@H](C)C(=O)N3CC[C@@]4(O)CCCC[C@H]4C3)ccc12. The minimum absolute atomic E-state index is 0.0983. The van der Waals surface area contributed by atoms with Gasteiger partial charge in [-0.05, 0) is 56.4 Å². The second-order valence-corrected chi connectivity index (χ2v) is 11.0. The Balaban J connectivity index is 1.18. The molecule has 3 aromatic rings. The lowest BCUT2D eigenvalue weighted by atomic mass is 9.71. The largest absolute Gasteiger partial charge is 0.484 e. The molecule has 1 aliphatic heterocycles. The second-order valence-electron chi connectivity index (χ2n) is 11.0. The molecule has 1 aliphatic carbocycles. The van der Waals surface area contributed by atoms with Crippen LogP contribution in [0, 0.1) is 12.8 Å². The maximum absolute atomic E-state index is 13.0. The third-order valence-electron chi connectivity index (χ3n) is 8.34. The maximum atomic E-state index is 13.0. The van der Waals surface area contributed by atoms with Crippen molar-refractivity contribution < 1.29 is 23.8 Å². The molecule has 0 spiro atoms. The molecule has 1 saturated heterocycles. The van der Waals surface area contributed by atoms with Gasteiger partial charge in [0.15, 0.2) is 6.61 Å². The second kappa shape index (κ2) is 11.2. The molecule has 2 aromatic carbocycles. The summed E-state index contributed by atoms with van der Waals surface area (Å²) < 4.78 is 11.3. The lowest BCUT2D eigenvalue weighted by Gasteiger charge is -2.47. The maximum Gasteiger partial charge on any atom is 0.340 e. The number of ether oxygens (including phenoxy) is 1. The van der Waals surface area contributed by atoms with Crippen LogP contribution in [0.25, 0.3) is 11.0 Å². The molecule has 0 unspecified atom stereocenters. The average molecular weight is 533 g/mol. The van der Waals surface area contributed by atoms with Gasteiger partial charge in [0.05, 0.1) is 5.60 Å². The van der Waals surface area contributed by atoms with Crippen molar-refractivity contribution in [3.8, 4) is 5.75 Å². The van der Waals surface area contributed by atoms with E-state index in [1.54, 1.807) is 24.0 Å². The van der Waals surface area contributed by atoms with Gasteiger partial charge in [0.2, 0.25) is 5.91 Å². The van der Waals surface area contributed by atoms with Crippen molar-refractivity contribution in [2.24, 2.45) is 5.92 Å². The molecule has 5 rings (SSSR count). The van der Waals surface area contributed by atoms with E-state index in [0.717, 1.165) is 42.2 Å². The predicted molar refractivity (Wildman–Crippen MR) is 148 cm³/mol. The smallest absolute Gasteiger partial charge is 0.340 e. The van der Waals surface area contributed by atoms with Gasteiger partial charge in [0.25, 0.3) is 5.91 Å². The van der Waals surface area contributed by atoms with Crippen LogP contribution in [-0.2, 0) is 16.0 Å². The zero-order chi connectivity index (χ0) is 27.6. The zero-order valence-electron chi connectivity index (χ0n) is 22.6. The van der Waals surface area contributed by atoms with Gasteiger partial charge < -0.3 is 24.5 Å². The van der Waals surface area contributed by atoms with Crippen LogP contribution in [0.5, 0.6) is 5.75 Å². The van der Waals surface area contributed by atoms with Gasteiger partial charge >= 0.3 is 5.63 Å². The van der Waals surface area contributed by atoms with Crippen LogP contribution < -0.4 is 15.7 Å². The van der Waals surface area contributed by atoms with E-state index < -0.39 is 23.2 Å². The summed E-state index contributed by atoms with van der Waals surface area (Å²) in [5.74, 6) is -0.0768. The normalized spacial score (nSPS) is 21.7. The summed E-state index contributed by atoms with van der Waals surface area (Å²) in [5, 5.41) is 14.4. The number of likely N-dealkylation sites (tertiary alicyclic amines) is 1. The van der Waals surface area contributed by atoms with E-state index >= 15 is 0 Å². The molecule has 0 radical (unpaired) electrons. The van der Waals surface area contributed by atoms with Gasteiger partial charge in [-0.25, -0.2) is 4.79 Å². The number of hydrogen-bond acceptors (Lipinski definition) is 6. The van der Waals surface area contributed by atoms with Crippen molar-refractivity contribution >= 4 is 22.8 Å². The molecule has 2 amide bonds. The molecule has 2 N–H and O–H groups in total. The van der Waals surface area contributed by atoms with Gasteiger partial charge in [-0.3, -0.25) is 9.59 Å². The molecule has 2 fully saturated rings. The molecule has 2 aliphatic rings. The van der Waals surface area contributed by atoms with E-state index in [0.29, 0.717) is 42.8 Å². The first kappa shape index (κ1) is 26.9.